The zero-order valence-corrected chi connectivity index (χ0v) is 11.2. The van der Waals surface area contributed by atoms with Gasteiger partial charge in [0.15, 0.2) is 5.65 Å². The second-order valence-corrected chi connectivity index (χ2v) is 5.63. The quantitative estimate of drug-likeness (QED) is 0.536. The van der Waals surface area contributed by atoms with Gasteiger partial charge < -0.3 is 0 Å². The number of benzene rings is 1. The molecule has 0 bridgehead atoms. The van der Waals surface area contributed by atoms with Crippen molar-refractivity contribution < 1.29 is 0 Å². The lowest BCUT2D eigenvalue weighted by atomic mass is 10.2. The zero-order chi connectivity index (χ0) is 12.8. The Morgan fingerprint density at radius 2 is 1.95 bits per heavy atom. The average Bonchev–Trinajstić information content (AvgIpc) is 3.04. The summed E-state index contributed by atoms with van der Waals surface area (Å²) in [5.74, 6) is 0. The SMILES string of the molecule is Clc1ccc(-c2cc3ncn4cnnc4c3s2)cc1. The molecule has 0 aliphatic rings. The molecule has 0 saturated heterocycles. The Labute approximate surface area is 117 Å². The van der Waals surface area contributed by atoms with Crippen molar-refractivity contribution in [3.63, 3.8) is 0 Å². The molecule has 0 unspecified atom stereocenters. The van der Waals surface area contributed by atoms with Gasteiger partial charge in [0.05, 0.1) is 10.2 Å². The number of aromatic nitrogens is 4. The molecular formula is C13H7ClN4S. The van der Waals surface area contributed by atoms with Gasteiger partial charge in [-0.1, -0.05) is 23.7 Å². The number of hydrogen-bond acceptors (Lipinski definition) is 4. The van der Waals surface area contributed by atoms with Gasteiger partial charge in [-0.15, -0.1) is 21.5 Å². The summed E-state index contributed by atoms with van der Waals surface area (Å²) < 4.78 is 2.87. The Morgan fingerprint density at radius 3 is 2.79 bits per heavy atom. The first-order chi connectivity index (χ1) is 9.31. The summed E-state index contributed by atoms with van der Waals surface area (Å²) in [7, 11) is 0. The van der Waals surface area contributed by atoms with E-state index in [4.69, 9.17) is 11.6 Å². The van der Waals surface area contributed by atoms with Crippen LogP contribution >= 0.6 is 22.9 Å². The predicted molar refractivity (Wildman–Crippen MR) is 76.6 cm³/mol. The minimum atomic E-state index is 0.739. The first kappa shape index (κ1) is 10.9. The molecule has 0 N–H and O–H groups in total. The van der Waals surface area contributed by atoms with Crippen LogP contribution in [-0.2, 0) is 0 Å². The summed E-state index contributed by atoms with van der Waals surface area (Å²) in [5.41, 5.74) is 2.91. The van der Waals surface area contributed by atoms with Crippen LogP contribution in [-0.4, -0.2) is 19.6 Å². The van der Waals surface area contributed by atoms with Crippen LogP contribution in [0.1, 0.15) is 0 Å². The molecule has 0 aliphatic carbocycles. The van der Waals surface area contributed by atoms with Crippen LogP contribution in [0.5, 0.6) is 0 Å². The zero-order valence-electron chi connectivity index (χ0n) is 9.62. The molecule has 4 nitrogen and oxygen atoms in total. The highest BCUT2D eigenvalue weighted by Crippen LogP contribution is 2.34. The van der Waals surface area contributed by atoms with Gasteiger partial charge in [0.2, 0.25) is 0 Å². The normalized spacial score (nSPS) is 11.4. The first-order valence-electron chi connectivity index (χ1n) is 5.65. The van der Waals surface area contributed by atoms with Gasteiger partial charge in [-0.25, -0.2) is 4.98 Å². The monoisotopic (exact) mass is 286 g/mol. The van der Waals surface area contributed by atoms with Crippen molar-refractivity contribution in [2.45, 2.75) is 0 Å². The fraction of sp³-hybridized carbons (Fsp3) is 0. The number of halogens is 1. The molecule has 4 rings (SSSR count). The van der Waals surface area contributed by atoms with Gasteiger partial charge in [-0.05, 0) is 23.8 Å². The van der Waals surface area contributed by atoms with E-state index in [0.717, 1.165) is 31.3 Å². The molecule has 0 amide bonds. The Kier molecular flexibility index (Phi) is 2.30. The van der Waals surface area contributed by atoms with E-state index < -0.39 is 0 Å². The summed E-state index contributed by atoms with van der Waals surface area (Å²) in [6.45, 7) is 0. The van der Waals surface area contributed by atoms with Crippen LogP contribution < -0.4 is 0 Å². The van der Waals surface area contributed by atoms with Crippen molar-refractivity contribution in [3.05, 3.63) is 48.0 Å². The Bertz CT molecular complexity index is 879. The Hall–Kier alpha value is -1.98. The van der Waals surface area contributed by atoms with E-state index in [1.807, 2.05) is 28.7 Å². The lowest BCUT2D eigenvalue weighted by Gasteiger charge is -1.95. The summed E-state index contributed by atoms with van der Waals surface area (Å²) in [6, 6.07) is 9.86. The Morgan fingerprint density at radius 1 is 1.11 bits per heavy atom. The molecule has 3 aromatic heterocycles. The van der Waals surface area contributed by atoms with E-state index in [2.05, 4.69) is 21.2 Å². The van der Waals surface area contributed by atoms with E-state index in [9.17, 15) is 0 Å². The summed E-state index contributed by atoms with van der Waals surface area (Å²) >= 11 is 7.57. The number of nitrogens with zero attached hydrogens (tertiary/aromatic N) is 4. The summed E-state index contributed by atoms with van der Waals surface area (Å²) in [5, 5.41) is 8.78. The molecule has 0 atom stereocenters. The minimum absolute atomic E-state index is 0.739. The molecule has 4 aromatic rings. The summed E-state index contributed by atoms with van der Waals surface area (Å²) in [6.07, 6.45) is 3.39. The average molecular weight is 287 g/mol. The van der Waals surface area contributed by atoms with E-state index in [0.29, 0.717) is 0 Å². The largest absolute Gasteiger partial charge is 0.271 e. The highest BCUT2D eigenvalue weighted by Gasteiger charge is 2.10. The van der Waals surface area contributed by atoms with Crippen molar-refractivity contribution >= 4 is 38.8 Å². The fourth-order valence-electron chi connectivity index (χ4n) is 2.01. The van der Waals surface area contributed by atoms with Crippen molar-refractivity contribution in [3.8, 4) is 10.4 Å². The van der Waals surface area contributed by atoms with Gasteiger partial charge in [-0.2, -0.15) is 0 Å². The predicted octanol–water partition coefficient (Wildman–Crippen LogP) is 3.66. The number of rotatable bonds is 1. The van der Waals surface area contributed by atoms with E-state index in [1.165, 1.54) is 0 Å². The molecule has 3 heterocycles. The van der Waals surface area contributed by atoms with Crippen LogP contribution in [0.3, 0.4) is 0 Å². The number of fused-ring (bicyclic) bond motifs is 3. The van der Waals surface area contributed by atoms with Gasteiger partial charge in [-0.3, -0.25) is 4.40 Å². The van der Waals surface area contributed by atoms with Crippen LogP contribution in [0.2, 0.25) is 5.02 Å². The van der Waals surface area contributed by atoms with Gasteiger partial charge >= 0.3 is 0 Å². The standard InChI is InChI=1S/C13H7ClN4S/c14-9-3-1-8(2-4-9)11-5-10-12(19-11)13-17-16-7-18(13)6-15-10/h1-7H. The van der Waals surface area contributed by atoms with E-state index in [1.54, 1.807) is 24.0 Å². The first-order valence-corrected chi connectivity index (χ1v) is 6.84. The van der Waals surface area contributed by atoms with E-state index in [-0.39, 0.29) is 0 Å². The molecular weight excluding hydrogens is 280 g/mol. The minimum Gasteiger partial charge on any atom is -0.271 e. The van der Waals surface area contributed by atoms with Crippen molar-refractivity contribution in [1.29, 1.82) is 0 Å². The van der Waals surface area contributed by atoms with Crippen molar-refractivity contribution in [2.24, 2.45) is 0 Å². The van der Waals surface area contributed by atoms with Gasteiger partial charge in [0.25, 0.3) is 0 Å². The third-order valence-electron chi connectivity index (χ3n) is 2.94. The molecule has 19 heavy (non-hydrogen) atoms. The second kappa shape index (κ2) is 4.01. The molecule has 0 fully saturated rings. The maximum Gasteiger partial charge on any atom is 0.181 e. The number of thiophene rings is 1. The van der Waals surface area contributed by atoms with E-state index >= 15 is 0 Å². The topological polar surface area (TPSA) is 43.1 Å². The molecule has 0 aliphatic heterocycles. The van der Waals surface area contributed by atoms with Crippen LogP contribution in [0.15, 0.2) is 43.0 Å². The second-order valence-electron chi connectivity index (χ2n) is 4.14. The molecule has 1 aromatic carbocycles. The van der Waals surface area contributed by atoms with Gasteiger partial charge in [0, 0.05) is 9.90 Å². The molecule has 0 radical (unpaired) electrons. The Balaban J connectivity index is 1.98. The van der Waals surface area contributed by atoms with Crippen molar-refractivity contribution in [1.82, 2.24) is 19.6 Å². The third kappa shape index (κ3) is 1.70. The van der Waals surface area contributed by atoms with Gasteiger partial charge in [0.1, 0.15) is 12.7 Å². The smallest absolute Gasteiger partial charge is 0.181 e. The van der Waals surface area contributed by atoms with Crippen molar-refractivity contribution in [2.75, 3.05) is 0 Å². The fourth-order valence-corrected chi connectivity index (χ4v) is 3.23. The lowest BCUT2D eigenvalue weighted by molar-refractivity contribution is 1.08. The maximum atomic E-state index is 5.91. The number of hydrogen-bond donors (Lipinski definition) is 0. The summed E-state index contributed by atoms with van der Waals surface area (Å²) in [4.78, 5) is 5.56. The molecule has 0 spiro atoms. The highest BCUT2D eigenvalue weighted by molar-refractivity contribution is 7.22. The molecule has 92 valence electrons. The van der Waals surface area contributed by atoms with Crippen LogP contribution in [0.25, 0.3) is 26.3 Å². The highest BCUT2D eigenvalue weighted by atomic mass is 35.5. The maximum absolute atomic E-state index is 5.91. The van der Waals surface area contributed by atoms with Crippen LogP contribution in [0, 0.1) is 0 Å². The van der Waals surface area contributed by atoms with Crippen LogP contribution in [0.4, 0.5) is 0 Å². The lowest BCUT2D eigenvalue weighted by Crippen LogP contribution is -1.84. The molecule has 0 saturated carbocycles. The molecule has 6 heteroatoms. The third-order valence-corrected chi connectivity index (χ3v) is 4.36.